The van der Waals surface area contributed by atoms with E-state index >= 15 is 0 Å². The van der Waals surface area contributed by atoms with Crippen molar-refractivity contribution in [2.75, 3.05) is 46.6 Å². The topological polar surface area (TPSA) is 79.9 Å². The van der Waals surface area contributed by atoms with E-state index in [2.05, 4.69) is 10.6 Å². The zero-order valence-electron chi connectivity index (χ0n) is 10.9. The Labute approximate surface area is 107 Å². The van der Waals surface area contributed by atoms with Gasteiger partial charge in [-0.05, 0) is 6.92 Å². The molecule has 1 aliphatic heterocycles. The van der Waals surface area contributed by atoms with E-state index in [0.29, 0.717) is 39.5 Å². The monoisotopic (exact) mass is 259 g/mol. The summed E-state index contributed by atoms with van der Waals surface area (Å²) < 4.78 is 9.98. The van der Waals surface area contributed by atoms with Gasteiger partial charge in [0.15, 0.2) is 0 Å². The van der Waals surface area contributed by atoms with Crippen molar-refractivity contribution >= 4 is 11.9 Å². The van der Waals surface area contributed by atoms with Crippen molar-refractivity contribution in [1.82, 2.24) is 15.5 Å². The van der Waals surface area contributed by atoms with Crippen LogP contribution in [0.4, 0.5) is 4.79 Å². The molecule has 3 amide bonds. The van der Waals surface area contributed by atoms with Crippen LogP contribution in [-0.4, -0.2) is 69.4 Å². The lowest BCUT2D eigenvalue weighted by Crippen LogP contribution is -2.52. The Hall–Kier alpha value is -1.34. The lowest BCUT2D eigenvalue weighted by Gasteiger charge is -2.28. The van der Waals surface area contributed by atoms with Gasteiger partial charge in [-0.2, -0.15) is 0 Å². The van der Waals surface area contributed by atoms with Crippen LogP contribution in [0.25, 0.3) is 0 Å². The molecule has 0 spiro atoms. The Balaban J connectivity index is 2.27. The summed E-state index contributed by atoms with van der Waals surface area (Å²) in [5, 5.41) is 5.32. The van der Waals surface area contributed by atoms with Gasteiger partial charge in [0, 0.05) is 26.7 Å². The number of ether oxygens (including phenoxy) is 2. The van der Waals surface area contributed by atoms with Crippen molar-refractivity contribution in [2.45, 2.75) is 13.0 Å². The Kier molecular flexibility index (Phi) is 6.45. The van der Waals surface area contributed by atoms with Crippen LogP contribution in [0.1, 0.15) is 6.92 Å². The predicted molar refractivity (Wildman–Crippen MR) is 65.3 cm³/mol. The highest BCUT2D eigenvalue weighted by Crippen LogP contribution is 1.97. The Morgan fingerprint density at radius 2 is 2.06 bits per heavy atom. The first-order valence-electron chi connectivity index (χ1n) is 6.05. The molecule has 1 saturated heterocycles. The Morgan fingerprint density at radius 3 is 2.67 bits per heavy atom. The van der Waals surface area contributed by atoms with Gasteiger partial charge in [0.2, 0.25) is 5.91 Å². The molecule has 7 nitrogen and oxygen atoms in total. The second kappa shape index (κ2) is 7.88. The molecule has 7 heteroatoms. The van der Waals surface area contributed by atoms with E-state index < -0.39 is 6.04 Å². The summed E-state index contributed by atoms with van der Waals surface area (Å²) in [5.41, 5.74) is 0. The Morgan fingerprint density at radius 1 is 1.39 bits per heavy atom. The fourth-order valence-electron chi connectivity index (χ4n) is 1.54. The average molecular weight is 259 g/mol. The van der Waals surface area contributed by atoms with Gasteiger partial charge in [0.1, 0.15) is 6.04 Å². The van der Waals surface area contributed by atoms with Crippen LogP contribution >= 0.6 is 0 Å². The first-order valence-corrected chi connectivity index (χ1v) is 6.05. The fraction of sp³-hybridized carbons (Fsp3) is 0.818. The molecule has 1 aliphatic rings. The van der Waals surface area contributed by atoms with Crippen molar-refractivity contribution < 1.29 is 19.1 Å². The number of nitrogens with zero attached hydrogens (tertiary/aromatic N) is 1. The number of rotatable bonds is 5. The van der Waals surface area contributed by atoms with Crippen molar-refractivity contribution in [1.29, 1.82) is 0 Å². The summed E-state index contributed by atoms with van der Waals surface area (Å²) in [5.74, 6) is -0.214. The van der Waals surface area contributed by atoms with Crippen LogP contribution in [0, 0.1) is 0 Å². The van der Waals surface area contributed by atoms with Crippen LogP contribution in [0.15, 0.2) is 0 Å². The van der Waals surface area contributed by atoms with Gasteiger partial charge >= 0.3 is 6.03 Å². The van der Waals surface area contributed by atoms with Crippen LogP contribution in [-0.2, 0) is 14.3 Å². The van der Waals surface area contributed by atoms with Crippen LogP contribution in [0.3, 0.4) is 0 Å². The maximum atomic E-state index is 11.8. The molecule has 0 radical (unpaired) electrons. The summed E-state index contributed by atoms with van der Waals surface area (Å²) in [6.07, 6.45) is 0. The number of morpholine rings is 1. The van der Waals surface area contributed by atoms with Gasteiger partial charge in [-0.15, -0.1) is 0 Å². The molecule has 1 fully saturated rings. The lowest BCUT2D eigenvalue weighted by atomic mass is 10.3. The fourth-order valence-corrected chi connectivity index (χ4v) is 1.54. The summed E-state index contributed by atoms with van der Waals surface area (Å²) in [4.78, 5) is 25.1. The van der Waals surface area contributed by atoms with Crippen LogP contribution in [0.2, 0.25) is 0 Å². The predicted octanol–water partition coefficient (Wildman–Crippen LogP) is -0.821. The molecule has 1 heterocycles. The van der Waals surface area contributed by atoms with Crippen molar-refractivity contribution in [3.8, 4) is 0 Å². The number of amides is 3. The number of carbonyl (C=O) groups is 2. The van der Waals surface area contributed by atoms with E-state index in [1.807, 2.05) is 0 Å². The second-order valence-electron chi connectivity index (χ2n) is 4.05. The molecule has 0 saturated carbocycles. The molecule has 2 N–H and O–H groups in total. The van der Waals surface area contributed by atoms with Gasteiger partial charge < -0.3 is 25.0 Å². The van der Waals surface area contributed by atoms with Crippen LogP contribution in [0.5, 0.6) is 0 Å². The normalized spacial score (nSPS) is 17.1. The second-order valence-corrected chi connectivity index (χ2v) is 4.05. The highest BCUT2D eigenvalue weighted by Gasteiger charge is 2.21. The third kappa shape index (κ3) is 4.89. The first kappa shape index (κ1) is 14.7. The standard InChI is InChI=1S/C11H21N3O4/c1-9(10(15)12-3-6-17-2)13-11(16)14-4-7-18-8-5-14/h9H,3-8H2,1-2H3,(H,12,15)(H,13,16). The SMILES string of the molecule is COCCNC(=O)C(C)NC(=O)N1CCOCC1. The van der Waals surface area contributed by atoms with E-state index in [1.54, 1.807) is 18.9 Å². The highest BCUT2D eigenvalue weighted by molar-refractivity contribution is 5.86. The van der Waals surface area contributed by atoms with Gasteiger partial charge in [-0.3, -0.25) is 4.79 Å². The number of nitrogens with one attached hydrogen (secondary N) is 2. The third-order valence-electron chi connectivity index (χ3n) is 2.64. The maximum absolute atomic E-state index is 11.8. The van der Waals surface area contributed by atoms with E-state index in [4.69, 9.17) is 9.47 Å². The van der Waals surface area contributed by atoms with Gasteiger partial charge in [0.25, 0.3) is 0 Å². The molecule has 18 heavy (non-hydrogen) atoms. The third-order valence-corrected chi connectivity index (χ3v) is 2.64. The number of hydrogen-bond acceptors (Lipinski definition) is 4. The molecule has 1 rings (SSSR count). The van der Waals surface area contributed by atoms with Gasteiger partial charge in [0.05, 0.1) is 19.8 Å². The van der Waals surface area contributed by atoms with E-state index in [1.165, 1.54) is 0 Å². The minimum atomic E-state index is -0.558. The van der Waals surface area contributed by atoms with Crippen molar-refractivity contribution in [2.24, 2.45) is 0 Å². The number of urea groups is 1. The zero-order valence-corrected chi connectivity index (χ0v) is 10.9. The number of hydrogen-bond donors (Lipinski definition) is 2. The molecule has 0 aromatic rings. The minimum Gasteiger partial charge on any atom is -0.383 e. The first-order chi connectivity index (χ1) is 8.65. The van der Waals surface area contributed by atoms with E-state index in [0.717, 1.165) is 0 Å². The molecular formula is C11H21N3O4. The van der Waals surface area contributed by atoms with Crippen molar-refractivity contribution in [3.63, 3.8) is 0 Å². The molecule has 104 valence electrons. The molecule has 0 aliphatic carbocycles. The highest BCUT2D eigenvalue weighted by atomic mass is 16.5. The van der Waals surface area contributed by atoms with Crippen molar-refractivity contribution in [3.05, 3.63) is 0 Å². The smallest absolute Gasteiger partial charge is 0.318 e. The molecule has 0 bridgehead atoms. The quantitative estimate of drug-likeness (QED) is 0.632. The summed E-state index contributed by atoms with van der Waals surface area (Å²) in [6.45, 7) is 4.75. The average Bonchev–Trinajstić information content (AvgIpc) is 2.39. The lowest BCUT2D eigenvalue weighted by molar-refractivity contribution is -0.122. The molecule has 1 unspecified atom stereocenters. The summed E-state index contributed by atoms with van der Waals surface area (Å²) in [6, 6.07) is -0.787. The van der Waals surface area contributed by atoms with E-state index in [9.17, 15) is 9.59 Å². The molecule has 0 aromatic carbocycles. The zero-order chi connectivity index (χ0) is 13.4. The number of methoxy groups -OCH3 is 1. The van der Waals surface area contributed by atoms with E-state index in [-0.39, 0.29) is 11.9 Å². The maximum Gasteiger partial charge on any atom is 0.318 e. The summed E-state index contributed by atoms with van der Waals surface area (Å²) in [7, 11) is 1.57. The van der Waals surface area contributed by atoms with Gasteiger partial charge in [-0.1, -0.05) is 0 Å². The molecular weight excluding hydrogens is 238 g/mol. The summed E-state index contributed by atoms with van der Waals surface area (Å²) >= 11 is 0. The minimum absolute atomic E-state index is 0.214. The largest absolute Gasteiger partial charge is 0.383 e. The van der Waals surface area contributed by atoms with Gasteiger partial charge in [-0.25, -0.2) is 4.79 Å². The molecule has 1 atom stereocenters. The molecule has 0 aromatic heterocycles. The Bertz CT molecular complexity index is 279. The number of carbonyl (C=O) groups excluding carboxylic acids is 2. The van der Waals surface area contributed by atoms with Crippen LogP contribution < -0.4 is 10.6 Å².